The van der Waals surface area contributed by atoms with E-state index in [0.29, 0.717) is 0 Å². The fourth-order valence-corrected chi connectivity index (χ4v) is 2.44. The molecule has 0 N–H and O–H groups in total. The molecule has 3 rings (SSSR count). The minimum Gasteiger partial charge on any atom is -0.496 e. The summed E-state index contributed by atoms with van der Waals surface area (Å²) in [5.41, 5.74) is 2.16. The summed E-state index contributed by atoms with van der Waals surface area (Å²) in [4.78, 5) is 0. The molecule has 0 fully saturated rings. The number of benzene rings is 2. The van der Waals surface area contributed by atoms with Crippen molar-refractivity contribution in [2.75, 3.05) is 7.11 Å². The molecule has 21 heavy (non-hydrogen) atoms. The Bertz CT molecular complexity index is 722. The first-order chi connectivity index (χ1) is 10.3. The lowest BCUT2D eigenvalue weighted by Crippen LogP contribution is -2.07. The average molecular weight is 279 g/mol. The SMILES string of the molecule is COc1ccccc1-c1nncn1[C@@H](C)c1ccccc1. The van der Waals surface area contributed by atoms with Gasteiger partial charge in [-0.05, 0) is 24.6 Å². The molecule has 4 heteroatoms. The maximum absolute atomic E-state index is 5.43. The Morgan fingerprint density at radius 3 is 2.48 bits per heavy atom. The number of hydrogen-bond donors (Lipinski definition) is 0. The molecule has 0 radical (unpaired) electrons. The molecule has 0 saturated heterocycles. The molecule has 0 unspecified atom stereocenters. The summed E-state index contributed by atoms with van der Waals surface area (Å²) in [6.07, 6.45) is 1.76. The van der Waals surface area contributed by atoms with Crippen LogP contribution in [0.4, 0.5) is 0 Å². The number of methoxy groups -OCH3 is 1. The van der Waals surface area contributed by atoms with Gasteiger partial charge in [0.15, 0.2) is 5.82 Å². The van der Waals surface area contributed by atoms with Crippen molar-refractivity contribution in [2.45, 2.75) is 13.0 Å². The first-order valence-corrected chi connectivity index (χ1v) is 6.89. The first-order valence-electron chi connectivity index (χ1n) is 6.89. The van der Waals surface area contributed by atoms with Gasteiger partial charge in [-0.3, -0.25) is 0 Å². The predicted molar refractivity (Wildman–Crippen MR) is 82.3 cm³/mol. The maximum atomic E-state index is 5.43. The number of hydrogen-bond acceptors (Lipinski definition) is 3. The zero-order valence-corrected chi connectivity index (χ0v) is 12.1. The summed E-state index contributed by atoms with van der Waals surface area (Å²) in [5, 5.41) is 8.35. The average Bonchev–Trinajstić information content (AvgIpc) is 3.04. The van der Waals surface area contributed by atoms with Crippen LogP contribution < -0.4 is 4.74 Å². The Labute approximate surface area is 124 Å². The van der Waals surface area contributed by atoms with E-state index in [1.54, 1.807) is 13.4 Å². The molecule has 1 atom stereocenters. The minimum atomic E-state index is 0.154. The van der Waals surface area contributed by atoms with Gasteiger partial charge in [0.05, 0.1) is 18.7 Å². The summed E-state index contributed by atoms with van der Waals surface area (Å²) < 4.78 is 7.49. The first kappa shape index (κ1) is 13.4. The van der Waals surface area contributed by atoms with Crippen LogP contribution in [-0.4, -0.2) is 21.9 Å². The van der Waals surface area contributed by atoms with Gasteiger partial charge in [0, 0.05) is 0 Å². The smallest absolute Gasteiger partial charge is 0.168 e. The van der Waals surface area contributed by atoms with Crippen LogP contribution in [0.1, 0.15) is 18.5 Å². The highest BCUT2D eigenvalue weighted by molar-refractivity contribution is 5.64. The monoisotopic (exact) mass is 279 g/mol. The van der Waals surface area contributed by atoms with Crippen LogP contribution in [0.2, 0.25) is 0 Å². The zero-order valence-electron chi connectivity index (χ0n) is 12.1. The lowest BCUT2D eigenvalue weighted by Gasteiger charge is -2.16. The molecule has 106 valence electrons. The molecule has 0 saturated carbocycles. The molecule has 1 heterocycles. The van der Waals surface area contributed by atoms with Gasteiger partial charge < -0.3 is 9.30 Å². The Balaban J connectivity index is 2.05. The van der Waals surface area contributed by atoms with Crippen molar-refractivity contribution in [1.82, 2.24) is 14.8 Å². The molecular weight excluding hydrogens is 262 g/mol. The van der Waals surface area contributed by atoms with E-state index < -0.39 is 0 Å². The van der Waals surface area contributed by atoms with Crippen LogP contribution in [-0.2, 0) is 0 Å². The minimum absolute atomic E-state index is 0.154. The van der Waals surface area contributed by atoms with E-state index in [1.165, 1.54) is 5.56 Å². The third kappa shape index (κ3) is 2.52. The van der Waals surface area contributed by atoms with E-state index in [2.05, 4.69) is 33.8 Å². The van der Waals surface area contributed by atoms with Crippen molar-refractivity contribution < 1.29 is 4.74 Å². The summed E-state index contributed by atoms with van der Waals surface area (Å²) in [6.45, 7) is 2.14. The normalized spacial score (nSPS) is 12.1. The molecule has 0 aliphatic rings. The third-order valence-electron chi connectivity index (χ3n) is 3.62. The Kier molecular flexibility index (Phi) is 3.69. The van der Waals surface area contributed by atoms with Gasteiger partial charge in [-0.1, -0.05) is 42.5 Å². The van der Waals surface area contributed by atoms with Crippen LogP contribution in [0.5, 0.6) is 5.75 Å². The number of para-hydroxylation sites is 1. The summed E-state index contributed by atoms with van der Waals surface area (Å²) in [7, 11) is 1.67. The van der Waals surface area contributed by atoms with Crippen LogP contribution in [0.15, 0.2) is 60.9 Å². The number of aromatic nitrogens is 3. The largest absolute Gasteiger partial charge is 0.496 e. The van der Waals surface area contributed by atoms with E-state index in [0.717, 1.165) is 17.1 Å². The van der Waals surface area contributed by atoms with Crippen molar-refractivity contribution >= 4 is 0 Å². The maximum Gasteiger partial charge on any atom is 0.168 e. The topological polar surface area (TPSA) is 39.9 Å². The van der Waals surface area contributed by atoms with E-state index in [9.17, 15) is 0 Å². The van der Waals surface area contributed by atoms with Crippen molar-refractivity contribution in [2.24, 2.45) is 0 Å². The highest BCUT2D eigenvalue weighted by atomic mass is 16.5. The lowest BCUT2D eigenvalue weighted by molar-refractivity contribution is 0.415. The number of nitrogens with zero attached hydrogens (tertiary/aromatic N) is 3. The van der Waals surface area contributed by atoms with Crippen molar-refractivity contribution in [3.05, 3.63) is 66.5 Å². The Morgan fingerprint density at radius 1 is 1.00 bits per heavy atom. The Morgan fingerprint density at radius 2 is 1.71 bits per heavy atom. The molecule has 1 aromatic heterocycles. The molecule has 0 aliphatic heterocycles. The second-order valence-electron chi connectivity index (χ2n) is 4.85. The van der Waals surface area contributed by atoms with Gasteiger partial charge in [-0.2, -0.15) is 0 Å². The van der Waals surface area contributed by atoms with E-state index in [1.807, 2.05) is 42.5 Å². The second-order valence-corrected chi connectivity index (χ2v) is 4.85. The molecule has 0 amide bonds. The molecule has 2 aromatic carbocycles. The highest BCUT2D eigenvalue weighted by Gasteiger charge is 2.16. The molecule has 0 aliphatic carbocycles. The van der Waals surface area contributed by atoms with E-state index in [-0.39, 0.29) is 6.04 Å². The van der Waals surface area contributed by atoms with Crippen LogP contribution >= 0.6 is 0 Å². The number of rotatable bonds is 4. The highest BCUT2D eigenvalue weighted by Crippen LogP contribution is 2.30. The standard InChI is InChI=1S/C17H17N3O/c1-13(14-8-4-3-5-9-14)20-12-18-19-17(20)15-10-6-7-11-16(15)21-2/h3-13H,1-2H3/t13-/m0/s1. The fourth-order valence-electron chi connectivity index (χ4n) is 2.44. The Hall–Kier alpha value is -2.62. The number of ether oxygens (including phenoxy) is 1. The molecule has 0 bridgehead atoms. The van der Waals surface area contributed by atoms with Crippen molar-refractivity contribution in [1.29, 1.82) is 0 Å². The molecular formula is C17H17N3O. The van der Waals surface area contributed by atoms with Gasteiger partial charge in [-0.25, -0.2) is 0 Å². The predicted octanol–water partition coefficient (Wildman–Crippen LogP) is 3.56. The van der Waals surface area contributed by atoms with Gasteiger partial charge in [0.25, 0.3) is 0 Å². The van der Waals surface area contributed by atoms with E-state index in [4.69, 9.17) is 4.74 Å². The fraction of sp³-hybridized carbons (Fsp3) is 0.176. The molecule has 3 aromatic rings. The third-order valence-corrected chi connectivity index (χ3v) is 3.62. The summed E-state index contributed by atoms with van der Waals surface area (Å²) >= 11 is 0. The van der Waals surface area contributed by atoms with Crippen molar-refractivity contribution in [3.8, 4) is 17.1 Å². The van der Waals surface area contributed by atoms with E-state index >= 15 is 0 Å². The van der Waals surface area contributed by atoms with Gasteiger partial charge >= 0.3 is 0 Å². The molecule has 4 nitrogen and oxygen atoms in total. The summed E-state index contributed by atoms with van der Waals surface area (Å²) in [5.74, 6) is 1.61. The van der Waals surface area contributed by atoms with Gasteiger partial charge in [-0.15, -0.1) is 10.2 Å². The lowest BCUT2D eigenvalue weighted by atomic mass is 10.1. The molecule has 0 spiro atoms. The van der Waals surface area contributed by atoms with Crippen LogP contribution in [0.3, 0.4) is 0 Å². The zero-order chi connectivity index (χ0) is 14.7. The van der Waals surface area contributed by atoms with Gasteiger partial charge in [0.2, 0.25) is 0 Å². The second kappa shape index (κ2) is 5.79. The summed E-state index contributed by atoms with van der Waals surface area (Å²) in [6, 6.07) is 18.3. The quantitative estimate of drug-likeness (QED) is 0.733. The van der Waals surface area contributed by atoms with Gasteiger partial charge in [0.1, 0.15) is 12.1 Å². The van der Waals surface area contributed by atoms with Crippen LogP contribution in [0, 0.1) is 0 Å². The van der Waals surface area contributed by atoms with Crippen molar-refractivity contribution in [3.63, 3.8) is 0 Å². The van der Waals surface area contributed by atoms with Crippen LogP contribution in [0.25, 0.3) is 11.4 Å².